The van der Waals surface area contributed by atoms with Crippen LogP contribution in [0, 0.1) is 12.3 Å². The van der Waals surface area contributed by atoms with Gasteiger partial charge >= 0.3 is 0 Å². The molecule has 0 aliphatic carbocycles. The van der Waals surface area contributed by atoms with E-state index in [2.05, 4.69) is 32.1 Å². The predicted octanol–water partition coefficient (Wildman–Crippen LogP) is 1.95. The first-order chi connectivity index (χ1) is 13.5. The lowest BCUT2D eigenvalue weighted by Crippen LogP contribution is -2.59. The molecule has 9 heteroatoms. The van der Waals surface area contributed by atoms with E-state index >= 15 is 0 Å². The topological polar surface area (TPSA) is 101 Å². The van der Waals surface area contributed by atoms with Crippen LogP contribution < -0.4 is 0 Å². The summed E-state index contributed by atoms with van der Waals surface area (Å²) in [5.74, 6) is 1.42. The summed E-state index contributed by atoms with van der Waals surface area (Å²) in [4.78, 5) is 29.2. The van der Waals surface area contributed by atoms with Crippen molar-refractivity contribution < 1.29 is 13.7 Å². The predicted molar refractivity (Wildman–Crippen MR) is 97.1 cm³/mol. The molecule has 2 saturated heterocycles. The van der Waals surface area contributed by atoms with Gasteiger partial charge in [0.05, 0.1) is 11.7 Å². The van der Waals surface area contributed by atoms with Crippen LogP contribution >= 0.6 is 0 Å². The Kier molecular flexibility index (Phi) is 3.80. The minimum Gasteiger partial charge on any atom is -0.438 e. The lowest BCUT2D eigenvalue weighted by molar-refractivity contribution is 0.00896. The molecule has 0 bridgehead atoms. The van der Waals surface area contributed by atoms with Crippen molar-refractivity contribution in [2.24, 2.45) is 5.41 Å². The normalized spacial score (nSPS) is 21.2. The summed E-state index contributed by atoms with van der Waals surface area (Å²) < 4.78 is 10.8. The van der Waals surface area contributed by atoms with Gasteiger partial charge in [-0.3, -0.25) is 14.7 Å². The average Bonchev–Trinajstić information content (AvgIpc) is 3.39. The van der Waals surface area contributed by atoms with E-state index in [4.69, 9.17) is 8.94 Å². The molecule has 2 aliphatic heterocycles. The second-order valence-corrected chi connectivity index (χ2v) is 7.76. The summed E-state index contributed by atoms with van der Waals surface area (Å²) in [7, 11) is 2.06. The van der Waals surface area contributed by atoms with E-state index in [0.717, 1.165) is 18.5 Å². The Bertz CT molecular complexity index is 1010. The first-order valence-corrected chi connectivity index (χ1v) is 9.18. The Labute approximate surface area is 161 Å². The summed E-state index contributed by atoms with van der Waals surface area (Å²) in [5, 5.41) is 4.12. The summed E-state index contributed by atoms with van der Waals surface area (Å²) in [6.45, 7) is 4.04. The molecule has 28 heavy (non-hydrogen) atoms. The van der Waals surface area contributed by atoms with Crippen molar-refractivity contribution in [3.05, 3.63) is 48.3 Å². The highest BCUT2D eigenvalue weighted by Crippen LogP contribution is 2.47. The number of amides is 1. The van der Waals surface area contributed by atoms with Crippen LogP contribution in [0.2, 0.25) is 0 Å². The fraction of sp³-hybridized carbons (Fsp3) is 0.421. The highest BCUT2D eigenvalue weighted by molar-refractivity contribution is 5.93. The quantitative estimate of drug-likeness (QED) is 0.679. The molecule has 0 saturated carbocycles. The fourth-order valence-electron chi connectivity index (χ4n) is 4.32. The molecule has 3 aromatic rings. The largest absolute Gasteiger partial charge is 0.438 e. The molecular formula is C19H20N6O3. The van der Waals surface area contributed by atoms with Crippen LogP contribution in [-0.2, 0) is 0 Å². The van der Waals surface area contributed by atoms with Gasteiger partial charge in [0.25, 0.3) is 5.91 Å². The zero-order valence-electron chi connectivity index (χ0n) is 15.7. The molecule has 0 radical (unpaired) electrons. The van der Waals surface area contributed by atoms with Gasteiger partial charge in [-0.05, 0) is 32.5 Å². The SMILES string of the molecule is Cc1ncoc1C(=O)N1CC2(CC(c3nc(-c4ccncc4)no3)N(C)C2)C1. The molecule has 2 fully saturated rings. The van der Waals surface area contributed by atoms with Crippen LogP contribution in [0.3, 0.4) is 0 Å². The molecule has 1 spiro atoms. The van der Waals surface area contributed by atoms with Gasteiger partial charge in [0, 0.05) is 43.0 Å². The monoisotopic (exact) mass is 380 g/mol. The van der Waals surface area contributed by atoms with Gasteiger partial charge in [0.15, 0.2) is 6.39 Å². The molecule has 5 rings (SSSR count). The zero-order chi connectivity index (χ0) is 19.3. The van der Waals surface area contributed by atoms with E-state index in [1.54, 1.807) is 19.3 Å². The Morgan fingerprint density at radius 2 is 2.04 bits per heavy atom. The molecule has 9 nitrogen and oxygen atoms in total. The van der Waals surface area contributed by atoms with Gasteiger partial charge in [0.1, 0.15) is 0 Å². The summed E-state index contributed by atoms with van der Waals surface area (Å²) in [5.41, 5.74) is 1.55. The maximum absolute atomic E-state index is 12.6. The third kappa shape index (κ3) is 2.70. The Morgan fingerprint density at radius 1 is 1.25 bits per heavy atom. The fourth-order valence-corrected chi connectivity index (χ4v) is 4.32. The summed E-state index contributed by atoms with van der Waals surface area (Å²) >= 11 is 0. The average molecular weight is 380 g/mol. The van der Waals surface area contributed by atoms with Crippen molar-refractivity contribution in [2.75, 3.05) is 26.7 Å². The lowest BCUT2D eigenvalue weighted by atomic mass is 9.77. The summed E-state index contributed by atoms with van der Waals surface area (Å²) in [6, 6.07) is 3.76. The smallest absolute Gasteiger partial charge is 0.291 e. The van der Waals surface area contributed by atoms with E-state index in [1.807, 2.05) is 17.0 Å². The van der Waals surface area contributed by atoms with E-state index in [1.165, 1.54) is 6.39 Å². The molecule has 5 heterocycles. The van der Waals surface area contributed by atoms with Gasteiger partial charge < -0.3 is 13.8 Å². The van der Waals surface area contributed by atoms with Crippen molar-refractivity contribution in [3.8, 4) is 11.4 Å². The molecule has 1 unspecified atom stereocenters. The number of pyridine rings is 1. The molecule has 1 amide bonds. The number of oxazole rings is 1. The standard InChI is InChI=1S/C19H20N6O3/c1-12-15(27-11-21-12)18(26)25-9-19(10-25)7-14(24(2)8-19)17-22-16(23-28-17)13-3-5-20-6-4-13/h3-6,11,14H,7-10H2,1-2H3. The Morgan fingerprint density at radius 3 is 2.75 bits per heavy atom. The number of carbonyl (C=O) groups is 1. The van der Waals surface area contributed by atoms with Crippen molar-refractivity contribution in [2.45, 2.75) is 19.4 Å². The highest BCUT2D eigenvalue weighted by Gasteiger charge is 2.53. The number of rotatable bonds is 3. The minimum atomic E-state index is -0.0931. The second-order valence-electron chi connectivity index (χ2n) is 7.76. The number of carbonyl (C=O) groups excluding carboxylic acids is 1. The van der Waals surface area contributed by atoms with E-state index in [9.17, 15) is 4.79 Å². The highest BCUT2D eigenvalue weighted by atomic mass is 16.5. The number of aromatic nitrogens is 4. The molecule has 3 aromatic heterocycles. The molecule has 144 valence electrons. The third-order valence-corrected chi connectivity index (χ3v) is 5.69. The molecule has 0 aromatic carbocycles. The number of likely N-dealkylation sites (tertiary alicyclic amines) is 2. The molecule has 2 aliphatic rings. The van der Waals surface area contributed by atoms with Crippen molar-refractivity contribution in [3.63, 3.8) is 0 Å². The van der Waals surface area contributed by atoms with E-state index in [-0.39, 0.29) is 17.4 Å². The number of hydrogen-bond donors (Lipinski definition) is 0. The van der Waals surface area contributed by atoms with Crippen LogP contribution in [0.25, 0.3) is 11.4 Å². The van der Waals surface area contributed by atoms with E-state index < -0.39 is 0 Å². The summed E-state index contributed by atoms with van der Waals surface area (Å²) in [6.07, 6.45) is 5.60. The lowest BCUT2D eigenvalue weighted by Gasteiger charge is -2.47. The molecule has 1 atom stereocenters. The van der Waals surface area contributed by atoms with Crippen LogP contribution in [0.5, 0.6) is 0 Å². The number of aryl methyl sites for hydroxylation is 1. The third-order valence-electron chi connectivity index (χ3n) is 5.69. The number of hydrogen-bond acceptors (Lipinski definition) is 8. The van der Waals surface area contributed by atoms with Crippen LogP contribution in [-0.4, -0.2) is 62.5 Å². The van der Waals surface area contributed by atoms with Gasteiger partial charge in [-0.15, -0.1) is 0 Å². The Balaban J connectivity index is 1.28. The van der Waals surface area contributed by atoms with Gasteiger partial charge in [-0.1, -0.05) is 5.16 Å². The van der Waals surface area contributed by atoms with Crippen molar-refractivity contribution in [1.82, 2.24) is 29.9 Å². The first kappa shape index (κ1) is 17.1. The maximum atomic E-state index is 12.6. The van der Waals surface area contributed by atoms with Crippen molar-refractivity contribution in [1.29, 1.82) is 0 Å². The van der Waals surface area contributed by atoms with Gasteiger partial charge in [-0.2, -0.15) is 4.98 Å². The molecular weight excluding hydrogens is 360 g/mol. The second kappa shape index (κ2) is 6.23. The van der Waals surface area contributed by atoms with Crippen LogP contribution in [0.4, 0.5) is 0 Å². The van der Waals surface area contributed by atoms with Crippen molar-refractivity contribution >= 4 is 5.91 Å². The first-order valence-electron chi connectivity index (χ1n) is 9.18. The van der Waals surface area contributed by atoms with Crippen LogP contribution in [0.15, 0.2) is 39.9 Å². The molecule has 0 N–H and O–H groups in total. The van der Waals surface area contributed by atoms with E-state index in [0.29, 0.717) is 36.3 Å². The minimum absolute atomic E-state index is 0.0485. The zero-order valence-corrected chi connectivity index (χ0v) is 15.7. The maximum Gasteiger partial charge on any atom is 0.291 e. The Hall–Kier alpha value is -3.07. The number of nitrogens with zero attached hydrogens (tertiary/aromatic N) is 6. The van der Waals surface area contributed by atoms with Crippen LogP contribution in [0.1, 0.15) is 34.6 Å². The van der Waals surface area contributed by atoms with Gasteiger partial charge in [0.2, 0.25) is 17.5 Å². The van der Waals surface area contributed by atoms with Gasteiger partial charge in [-0.25, -0.2) is 4.98 Å².